The Labute approximate surface area is 196 Å². The van der Waals surface area contributed by atoms with E-state index in [1.165, 1.54) is 29.7 Å². The molecule has 5 rings (SSSR count). The number of nitrogens with one attached hydrogen (secondary N) is 1. The van der Waals surface area contributed by atoms with Gasteiger partial charge >= 0.3 is 6.18 Å². The van der Waals surface area contributed by atoms with Crippen molar-refractivity contribution in [3.05, 3.63) is 45.8 Å². The first-order valence-electron chi connectivity index (χ1n) is 11.0. The van der Waals surface area contributed by atoms with Crippen LogP contribution >= 0.6 is 11.3 Å². The number of rotatable bonds is 6. The van der Waals surface area contributed by atoms with E-state index in [-0.39, 0.29) is 29.2 Å². The van der Waals surface area contributed by atoms with Crippen molar-refractivity contribution in [3.63, 3.8) is 0 Å². The molecule has 0 atom stereocenters. The molecule has 180 valence electrons. The lowest BCUT2D eigenvalue weighted by Gasteiger charge is -2.29. The van der Waals surface area contributed by atoms with E-state index in [0.717, 1.165) is 22.2 Å². The predicted molar refractivity (Wildman–Crippen MR) is 117 cm³/mol. The Balaban J connectivity index is 1.23. The van der Waals surface area contributed by atoms with Crippen molar-refractivity contribution in [2.24, 2.45) is 5.73 Å². The van der Waals surface area contributed by atoms with E-state index in [1.807, 2.05) is 0 Å². The summed E-state index contributed by atoms with van der Waals surface area (Å²) in [7, 11) is 0. The lowest BCUT2D eigenvalue weighted by Crippen LogP contribution is -2.40. The van der Waals surface area contributed by atoms with Crippen molar-refractivity contribution in [1.82, 2.24) is 19.7 Å². The summed E-state index contributed by atoms with van der Waals surface area (Å²) in [5, 5.41) is 3.68. The predicted octanol–water partition coefficient (Wildman–Crippen LogP) is 3.91. The van der Waals surface area contributed by atoms with Crippen LogP contribution in [-0.2, 0) is 6.18 Å². The number of hydrogen-bond donors (Lipinski definition) is 2. The fraction of sp³-hybridized carbons (Fsp3) is 0.455. The molecule has 3 heterocycles. The van der Waals surface area contributed by atoms with Gasteiger partial charge in [0.25, 0.3) is 11.8 Å². The minimum absolute atomic E-state index is 0.0957. The van der Waals surface area contributed by atoms with Gasteiger partial charge in [0.05, 0.1) is 5.52 Å². The fourth-order valence-corrected chi connectivity index (χ4v) is 5.23. The number of amides is 2. The van der Waals surface area contributed by atoms with Crippen molar-refractivity contribution in [2.75, 3.05) is 0 Å². The zero-order valence-electron chi connectivity index (χ0n) is 18.0. The van der Waals surface area contributed by atoms with Crippen LogP contribution in [0.5, 0.6) is 5.88 Å². The van der Waals surface area contributed by atoms with E-state index in [2.05, 4.69) is 15.3 Å². The van der Waals surface area contributed by atoms with Crippen molar-refractivity contribution in [1.29, 1.82) is 0 Å². The maximum atomic E-state index is 13.3. The van der Waals surface area contributed by atoms with Crippen LogP contribution in [0.3, 0.4) is 0 Å². The standard InChI is InChI=1S/C22H22F3N5O3S/c23-22(24,25)21-28-15(14-3-1-2-10-30(14)21)18(32)27-12-6-8-13(9-7-12)33-19-16(17(26)31)34-20(29-19)11-4-5-11/h1-3,10-13H,4-9H2,(H2,26,31)(H,27,32)/t12-,13-. The molecular weight excluding hydrogens is 471 g/mol. The number of halogens is 3. The van der Waals surface area contributed by atoms with E-state index < -0.39 is 23.8 Å². The van der Waals surface area contributed by atoms with E-state index in [0.29, 0.717) is 36.5 Å². The summed E-state index contributed by atoms with van der Waals surface area (Å²) < 4.78 is 46.9. The average molecular weight is 494 g/mol. The van der Waals surface area contributed by atoms with E-state index in [1.54, 1.807) is 6.07 Å². The van der Waals surface area contributed by atoms with Crippen molar-refractivity contribution in [3.8, 4) is 5.88 Å². The van der Waals surface area contributed by atoms with Gasteiger partial charge in [-0.25, -0.2) is 9.97 Å². The first kappa shape index (κ1) is 22.6. The molecule has 0 aliphatic heterocycles. The molecule has 34 heavy (non-hydrogen) atoms. The molecule has 2 amide bonds. The Morgan fingerprint density at radius 2 is 1.85 bits per heavy atom. The Morgan fingerprint density at radius 3 is 2.50 bits per heavy atom. The van der Waals surface area contributed by atoms with Gasteiger partial charge in [-0.3, -0.25) is 14.0 Å². The number of hydrogen-bond acceptors (Lipinski definition) is 6. The highest BCUT2D eigenvalue weighted by Crippen LogP contribution is 2.44. The average Bonchev–Trinajstić information content (AvgIpc) is 3.42. The molecular formula is C22H22F3N5O3S. The highest BCUT2D eigenvalue weighted by molar-refractivity contribution is 7.14. The summed E-state index contributed by atoms with van der Waals surface area (Å²) in [6, 6.07) is 4.22. The molecule has 0 unspecified atom stereocenters. The Bertz CT molecular complexity index is 1240. The number of carbonyl (C=O) groups is 2. The van der Waals surface area contributed by atoms with Crippen LogP contribution in [0.25, 0.3) is 5.52 Å². The minimum atomic E-state index is -4.68. The number of primary amides is 1. The molecule has 0 aromatic carbocycles. The summed E-state index contributed by atoms with van der Waals surface area (Å²) in [5.74, 6) is -1.69. The molecule has 2 aliphatic rings. The molecule has 2 fully saturated rings. The van der Waals surface area contributed by atoms with Gasteiger partial charge in [0.15, 0.2) is 10.6 Å². The number of pyridine rings is 1. The van der Waals surface area contributed by atoms with Crippen LogP contribution in [0, 0.1) is 0 Å². The molecule has 2 saturated carbocycles. The number of carbonyl (C=O) groups excluding carboxylic acids is 2. The van der Waals surface area contributed by atoms with Crippen molar-refractivity contribution < 1.29 is 27.5 Å². The van der Waals surface area contributed by atoms with Gasteiger partial charge in [-0.1, -0.05) is 6.07 Å². The largest absolute Gasteiger partial charge is 0.473 e. The van der Waals surface area contributed by atoms with Crippen LogP contribution in [0.4, 0.5) is 13.2 Å². The third-order valence-electron chi connectivity index (χ3n) is 6.07. The SMILES string of the molecule is NC(=O)c1sc(C2CC2)nc1O[C@H]1CC[C@H](NC(=O)c2nc(C(F)(F)F)n3ccccc23)CC1. The maximum absolute atomic E-state index is 13.3. The molecule has 0 bridgehead atoms. The van der Waals surface area contributed by atoms with E-state index in [4.69, 9.17) is 10.5 Å². The summed E-state index contributed by atoms with van der Waals surface area (Å²) in [5.41, 5.74) is 5.32. The first-order chi connectivity index (χ1) is 16.2. The third kappa shape index (κ3) is 4.46. The Hall–Kier alpha value is -3.15. The Morgan fingerprint density at radius 1 is 1.12 bits per heavy atom. The molecule has 3 N–H and O–H groups in total. The first-order valence-corrected chi connectivity index (χ1v) is 11.8. The molecule has 3 aromatic rings. The third-order valence-corrected chi connectivity index (χ3v) is 7.28. The van der Waals surface area contributed by atoms with Gasteiger partial charge in [-0.2, -0.15) is 13.2 Å². The zero-order valence-corrected chi connectivity index (χ0v) is 18.8. The van der Waals surface area contributed by atoms with Crippen LogP contribution in [0.15, 0.2) is 24.4 Å². The summed E-state index contributed by atoms with van der Waals surface area (Å²) in [6.45, 7) is 0. The number of ether oxygens (including phenoxy) is 1. The highest BCUT2D eigenvalue weighted by Gasteiger charge is 2.38. The number of nitrogens with zero attached hydrogens (tertiary/aromatic N) is 3. The van der Waals surface area contributed by atoms with Crippen LogP contribution < -0.4 is 15.8 Å². The van der Waals surface area contributed by atoms with Crippen molar-refractivity contribution >= 4 is 28.7 Å². The molecule has 8 nitrogen and oxygen atoms in total. The Kier molecular flexibility index (Phi) is 5.70. The van der Waals surface area contributed by atoms with Gasteiger partial charge in [0, 0.05) is 18.2 Å². The maximum Gasteiger partial charge on any atom is 0.450 e. The van der Waals surface area contributed by atoms with Crippen LogP contribution in [0.2, 0.25) is 0 Å². The second-order valence-electron chi connectivity index (χ2n) is 8.63. The topological polar surface area (TPSA) is 112 Å². The van der Waals surface area contributed by atoms with Crippen LogP contribution in [0.1, 0.15) is 75.4 Å². The fourth-order valence-electron chi connectivity index (χ4n) is 4.20. The van der Waals surface area contributed by atoms with Gasteiger partial charge < -0.3 is 15.8 Å². The number of alkyl halides is 3. The summed E-state index contributed by atoms with van der Waals surface area (Å²) in [4.78, 5) is 32.9. The normalized spacial score (nSPS) is 20.9. The lowest BCUT2D eigenvalue weighted by atomic mass is 9.93. The number of fused-ring (bicyclic) bond motifs is 1. The van der Waals surface area contributed by atoms with Gasteiger partial charge in [0.1, 0.15) is 11.1 Å². The number of imidazole rings is 1. The number of nitrogens with two attached hydrogens (primary N) is 1. The highest BCUT2D eigenvalue weighted by atomic mass is 32.1. The smallest absolute Gasteiger partial charge is 0.450 e. The minimum Gasteiger partial charge on any atom is -0.473 e. The zero-order chi connectivity index (χ0) is 24.0. The lowest BCUT2D eigenvalue weighted by molar-refractivity contribution is -0.145. The number of thiazole rings is 1. The second-order valence-corrected chi connectivity index (χ2v) is 9.66. The molecule has 0 saturated heterocycles. The quantitative estimate of drug-likeness (QED) is 0.541. The molecule has 0 spiro atoms. The van der Waals surface area contributed by atoms with Gasteiger partial charge in [-0.15, -0.1) is 11.3 Å². The molecule has 0 radical (unpaired) electrons. The number of aromatic nitrogens is 3. The monoisotopic (exact) mass is 493 g/mol. The van der Waals surface area contributed by atoms with Gasteiger partial charge in [-0.05, 0) is 50.7 Å². The summed E-state index contributed by atoms with van der Waals surface area (Å²) >= 11 is 1.28. The van der Waals surface area contributed by atoms with Crippen molar-refractivity contribution in [2.45, 2.75) is 62.8 Å². The second kappa shape index (κ2) is 8.57. The van der Waals surface area contributed by atoms with E-state index >= 15 is 0 Å². The van der Waals surface area contributed by atoms with E-state index in [9.17, 15) is 22.8 Å². The van der Waals surface area contributed by atoms with Gasteiger partial charge in [0.2, 0.25) is 11.7 Å². The summed E-state index contributed by atoms with van der Waals surface area (Å²) in [6.07, 6.45) is 0.785. The van der Waals surface area contributed by atoms with Crippen LogP contribution in [-0.4, -0.2) is 38.3 Å². The molecule has 3 aromatic heterocycles. The molecule has 12 heteroatoms. The molecule has 2 aliphatic carbocycles.